The van der Waals surface area contributed by atoms with Crippen LogP contribution in [0.5, 0.6) is 0 Å². The summed E-state index contributed by atoms with van der Waals surface area (Å²) < 4.78 is 12.3. The van der Waals surface area contributed by atoms with Gasteiger partial charge in [0.2, 0.25) is 0 Å². The molecule has 1 aliphatic heterocycles. The smallest absolute Gasteiger partial charge is 0.407 e. The number of fused-ring (bicyclic) bond motifs is 1. The predicted octanol–water partition coefficient (Wildman–Crippen LogP) is 1.21. The van der Waals surface area contributed by atoms with E-state index >= 15 is 0 Å². The fourth-order valence-electron chi connectivity index (χ4n) is 2.96. The number of aliphatic imine (C=N–C) groups is 1. The molecule has 10 nitrogen and oxygen atoms in total. The van der Waals surface area contributed by atoms with Gasteiger partial charge in [0, 0.05) is 39.2 Å². The highest BCUT2D eigenvalue weighted by molar-refractivity contribution is 5.80. The molecule has 1 amide bonds. The minimum atomic E-state index is -0.487. The molecule has 1 atom stereocenters. The van der Waals surface area contributed by atoms with Gasteiger partial charge in [-0.2, -0.15) is 5.10 Å². The summed E-state index contributed by atoms with van der Waals surface area (Å²) in [6.45, 7) is 10.6. The van der Waals surface area contributed by atoms with E-state index in [1.807, 2.05) is 32.4 Å². The van der Waals surface area contributed by atoms with Crippen LogP contribution in [0.25, 0.3) is 0 Å². The molecule has 2 heterocycles. The van der Waals surface area contributed by atoms with Gasteiger partial charge in [0.1, 0.15) is 18.0 Å². The average Bonchev–Trinajstić information content (AvgIpc) is 3.02. The summed E-state index contributed by atoms with van der Waals surface area (Å²) in [6.07, 6.45) is 2.17. The SMILES string of the molecule is CCNC(=NCCCNC(=O)OC(C)(C)C)NC1CCc2nc(COC)nn2C1. The number of hydrogen-bond acceptors (Lipinski definition) is 6. The molecule has 1 unspecified atom stereocenters. The number of carbonyl (C=O) groups is 1. The Morgan fingerprint density at radius 1 is 1.34 bits per heavy atom. The second-order valence-electron chi connectivity index (χ2n) is 7.98. The lowest BCUT2D eigenvalue weighted by molar-refractivity contribution is 0.0527. The van der Waals surface area contributed by atoms with Gasteiger partial charge in [-0.05, 0) is 40.5 Å². The van der Waals surface area contributed by atoms with Crippen LogP contribution < -0.4 is 16.0 Å². The summed E-state index contributed by atoms with van der Waals surface area (Å²) in [6, 6.07) is 0.234. The molecule has 1 aromatic heterocycles. The first-order chi connectivity index (χ1) is 13.8. The van der Waals surface area contributed by atoms with Gasteiger partial charge in [0.15, 0.2) is 11.8 Å². The van der Waals surface area contributed by atoms with Crippen molar-refractivity contribution in [2.24, 2.45) is 4.99 Å². The van der Waals surface area contributed by atoms with Crippen molar-refractivity contribution in [2.75, 3.05) is 26.7 Å². The van der Waals surface area contributed by atoms with Crippen LogP contribution in [-0.4, -0.2) is 65.2 Å². The van der Waals surface area contributed by atoms with Crippen LogP contribution >= 0.6 is 0 Å². The molecule has 0 bridgehead atoms. The normalized spacial score (nSPS) is 16.9. The number of amides is 1. The van der Waals surface area contributed by atoms with Crippen molar-refractivity contribution in [3.63, 3.8) is 0 Å². The highest BCUT2D eigenvalue weighted by atomic mass is 16.6. The van der Waals surface area contributed by atoms with Crippen molar-refractivity contribution in [2.45, 2.75) is 71.8 Å². The van der Waals surface area contributed by atoms with E-state index in [-0.39, 0.29) is 6.04 Å². The molecule has 0 aromatic carbocycles. The zero-order valence-electron chi connectivity index (χ0n) is 18.2. The van der Waals surface area contributed by atoms with E-state index in [0.717, 1.165) is 50.0 Å². The van der Waals surface area contributed by atoms with E-state index in [2.05, 4.69) is 31.0 Å². The highest BCUT2D eigenvalue weighted by Crippen LogP contribution is 2.13. The second-order valence-corrected chi connectivity index (χ2v) is 7.98. The van der Waals surface area contributed by atoms with Gasteiger partial charge in [0.05, 0.1) is 6.54 Å². The maximum atomic E-state index is 11.6. The number of hydrogen-bond donors (Lipinski definition) is 3. The number of carbonyl (C=O) groups excluding carboxylic acids is 1. The molecule has 29 heavy (non-hydrogen) atoms. The Morgan fingerprint density at radius 2 is 2.14 bits per heavy atom. The first-order valence-corrected chi connectivity index (χ1v) is 10.2. The molecule has 0 aliphatic carbocycles. The van der Waals surface area contributed by atoms with Gasteiger partial charge in [-0.1, -0.05) is 0 Å². The van der Waals surface area contributed by atoms with Crippen molar-refractivity contribution in [3.8, 4) is 0 Å². The highest BCUT2D eigenvalue weighted by Gasteiger charge is 2.22. The Hall–Kier alpha value is -2.36. The summed E-state index contributed by atoms with van der Waals surface area (Å²) in [5.41, 5.74) is -0.487. The first-order valence-electron chi connectivity index (χ1n) is 10.2. The molecule has 10 heteroatoms. The zero-order chi connectivity index (χ0) is 21.3. The number of rotatable bonds is 8. The third-order valence-corrected chi connectivity index (χ3v) is 4.13. The number of ether oxygens (including phenoxy) is 2. The predicted molar refractivity (Wildman–Crippen MR) is 111 cm³/mol. The zero-order valence-corrected chi connectivity index (χ0v) is 18.2. The van der Waals surface area contributed by atoms with Crippen molar-refractivity contribution in [1.82, 2.24) is 30.7 Å². The minimum Gasteiger partial charge on any atom is -0.444 e. The topological polar surface area (TPSA) is 115 Å². The van der Waals surface area contributed by atoms with Gasteiger partial charge in [-0.3, -0.25) is 4.99 Å². The van der Waals surface area contributed by atoms with Crippen molar-refractivity contribution >= 4 is 12.1 Å². The quantitative estimate of drug-likeness (QED) is 0.336. The molecule has 2 rings (SSSR count). The Bertz CT molecular complexity index is 682. The number of aryl methyl sites for hydroxylation is 1. The standard InChI is InChI=1S/C19H35N7O3/c1-6-20-17(21-10-7-11-22-18(27)29-19(2,3)4)23-14-8-9-16-24-15(13-28-5)25-26(16)12-14/h14H,6-13H2,1-5H3,(H,22,27)(H2,20,21,23). The maximum Gasteiger partial charge on any atom is 0.407 e. The number of methoxy groups -OCH3 is 1. The molecule has 0 radical (unpaired) electrons. The molecule has 3 N–H and O–H groups in total. The number of alkyl carbamates (subject to hydrolysis) is 1. The van der Waals surface area contributed by atoms with Crippen molar-refractivity contribution in [3.05, 3.63) is 11.6 Å². The summed E-state index contributed by atoms with van der Waals surface area (Å²) in [5, 5.41) is 14.0. The molecular weight excluding hydrogens is 374 g/mol. The number of nitrogens with zero attached hydrogens (tertiary/aromatic N) is 4. The van der Waals surface area contributed by atoms with Crippen LogP contribution in [0.15, 0.2) is 4.99 Å². The van der Waals surface area contributed by atoms with E-state index in [1.54, 1.807) is 7.11 Å². The van der Waals surface area contributed by atoms with Crippen LogP contribution in [0, 0.1) is 0 Å². The molecule has 0 spiro atoms. The van der Waals surface area contributed by atoms with E-state index in [4.69, 9.17) is 9.47 Å². The van der Waals surface area contributed by atoms with Crippen LogP contribution in [0.4, 0.5) is 4.79 Å². The fraction of sp³-hybridized carbons (Fsp3) is 0.789. The van der Waals surface area contributed by atoms with Gasteiger partial charge in [-0.25, -0.2) is 14.5 Å². The monoisotopic (exact) mass is 409 g/mol. The Morgan fingerprint density at radius 3 is 2.83 bits per heavy atom. The van der Waals surface area contributed by atoms with Crippen molar-refractivity contribution < 1.29 is 14.3 Å². The first kappa shape index (κ1) is 22.9. The summed E-state index contributed by atoms with van der Waals surface area (Å²) in [7, 11) is 1.65. The lowest BCUT2D eigenvalue weighted by Gasteiger charge is -2.25. The molecule has 0 saturated carbocycles. The van der Waals surface area contributed by atoms with Gasteiger partial charge in [-0.15, -0.1) is 0 Å². The lowest BCUT2D eigenvalue weighted by Crippen LogP contribution is -2.47. The minimum absolute atomic E-state index is 0.234. The third kappa shape index (κ3) is 8.26. The Labute approximate surface area is 172 Å². The molecular formula is C19H35N7O3. The number of nitrogens with one attached hydrogen (secondary N) is 3. The maximum absolute atomic E-state index is 11.6. The van der Waals surface area contributed by atoms with E-state index < -0.39 is 11.7 Å². The molecule has 1 aliphatic rings. The molecule has 0 fully saturated rings. The fourth-order valence-corrected chi connectivity index (χ4v) is 2.96. The Kier molecular flexibility index (Phi) is 8.69. The summed E-state index contributed by atoms with van der Waals surface area (Å²) in [4.78, 5) is 20.8. The number of guanidine groups is 1. The molecule has 164 valence electrons. The summed E-state index contributed by atoms with van der Waals surface area (Å²) in [5.74, 6) is 2.50. The van der Waals surface area contributed by atoms with E-state index in [1.165, 1.54) is 0 Å². The lowest BCUT2D eigenvalue weighted by atomic mass is 10.1. The summed E-state index contributed by atoms with van der Waals surface area (Å²) >= 11 is 0. The number of aromatic nitrogens is 3. The molecule has 1 aromatic rings. The van der Waals surface area contributed by atoms with Gasteiger partial charge < -0.3 is 25.4 Å². The largest absolute Gasteiger partial charge is 0.444 e. The second kappa shape index (κ2) is 11.0. The van der Waals surface area contributed by atoms with Gasteiger partial charge >= 0.3 is 6.09 Å². The van der Waals surface area contributed by atoms with E-state index in [0.29, 0.717) is 19.7 Å². The molecule has 0 saturated heterocycles. The van der Waals surface area contributed by atoms with Crippen molar-refractivity contribution in [1.29, 1.82) is 0 Å². The van der Waals surface area contributed by atoms with Crippen LogP contribution in [0.3, 0.4) is 0 Å². The average molecular weight is 410 g/mol. The van der Waals surface area contributed by atoms with Crippen LogP contribution in [0.2, 0.25) is 0 Å². The Balaban J connectivity index is 1.78. The van der Waals surface area contributed by atoms with Crippen LogP contribution in [-0.2, 0) is 29.0 Å². The third-order valence-electron chi connectivity index (χ3n) is 4.13. The van der Waals surface area contributed by atoms with Gasteiger partial charge in [0.25, 0.3) is 0 Å². The van der Waals surface area contributed by atoms with Crippen LogP contribution in [0.1, 0.15) is 52.2 Å². The van der Waals surface area contributed by atoms with E-state index in [9.17, 15) is 4.79 Å².